The predicted molar refractivity (Wildman–Crippen MR) is 165 cm³/mol. The van der Waals surface area contributed by atoms with Crippen molar-refractivity contribution in [1.82, 2.24) is 23.8 Å². The number of anilines is 3. The Kier molecular flexibility index (Phi) is 6.74. The highest BCUT2D eigenvalue weighted by atomic mass is 32.2. The number of likely N-dealkylation sites (N-methyl/N-ethyl adjacent to an activating group) is 1. The van der Waals surface area contributed by atoms with Crippen LogP contribution < -0.4 is 16.0 Å². The van der Waals surface area contributed by atoms with E-state index in [9.17, 15) is 13.2 Å². The number of hydrogen-bond donors (Lipinski definition) is 3. The number of amides is 2. The average molecular weight is 609 g/mol. The number of rotatable bonds is 8. The zero-order chi connectivity index (χ0) is 29.9. The summed E-state index contributed by atoms with van der Waals surface area (Å²) in [6, 6.07) is 12.6. The summed E-state index contributed by atoms with van der Waals surface area (Å²) in [5.74, 6) is 1.73. The Morgan fingerprint density at radius 3 is 2.48 bits per heavy atom. The van der Waals surface area contributed by atoms with E-state index in [0.717, 1.165) is 39.4 Å². The smallest absolute Gasteiger partial charge is 0.324 e. The van der Waals surface area contributed by atoms with Crippen LogP contribution in [0.1, 0.15) is 39.4 Å². The highest BCUT2D eigenvalue weighted by Gasteiger charge is 2.49. The summed E-state index contributed by atoms with van der Waals surface area (Å²) < 4.78 is 32.8. The fraction of sp³-hybridized carbons (Fsp3) is 0.357. The van der Waals surface area contributed by atoms with Gasteiger partial charge in [0.1, 0.15) is 16.4 Å². The van der Waals surface area contributed by atoms with Gasteiger partial charge in [-0.15, -0.1) is 0 Å². The molecule has 1 saturated carbocycles. The maximum absolute atomic E-state index is 12.4. The third-order valence-electron chi connectivity index (χ3n) is 7.48. The van der Waals surface area contributed by atoms with Gasteiger partial charge < -0.3 is 15.2 Å². The molecule has 2 amide bonds. The second-order valence-electron chi connectivity index (χ2n) is 11.7. The molecule has 1 aliphatic rings. The van der Waals surface area contributed by atoms with Crippen molar-refractivity contribution >= 4 is 60.0 Å². The van der Waals surface area contributed by atoms with Crippen molar-refractivity contribution in [1.29, 1.82) is 0 Å². The Labute approximate surface area is 247 Å². The van der Waals surface area contributed by atoms with Crippen LogP contribution in [0.25, 0.3) is 26.6 Å². The van der Waals surface area contributed by atoms with Crippen molar-refractivity contribution in [2.24, 2.45) is 0 Å². The van der Waals surface area contributed by atoms with E-state index in [1.54, 1.807) is 13.1 Å². The number of urea groups is 1. The topological polar surface area (TPSA) is 147 Å². The van der Waals surface area contributed by atoms with Gasteiger partial charge in [-0.3, -0.25) is 9.72 Å². The van der Waals surface area contributed by atoms with Gasteiger partial charge in [-0.25, -0.2) is 23.2 Å². The van der Waals surface area contributed by atoms with Crippen LogP contribution in [0.3, 0.4) is 0 Å². The standard InChI is InChI=1S/C28H32N8O4S2/c1-27(2,3)21-14-23(34-40-21)33-25(37)30-18-8-6-17(7-9-18)19-15-36-20-10-11-22(32-24(20)41-26(36)31-19)29-16-28(12-13-28)35(4)42(5,38)39/h6-11,14-15H,12-13,16H2,1-5H3,(H,29,32)(H2,30,33,34,37). The van der Waals surface area contributed by atoms with Crippen molar-refractivity contribution in [3.8, 4) is 11.3 Å². The summed E-state index contributed by atoms with van der Waals surface area (Å²) in [6.07, 6.45) is 4.86. The highest BCUT2D eigenvalue weighted by Crippen LogP contribution is 2.42. The van der Waals surface area contributed by atoms with Gasteiger partial charge in [-0.1, -0.05) is 49.4 Å². The molecule has 1 aliphatic carbocycles. The monoisotopic (exact) mass is 608 g/mol. The third-order valence-corrected chi connectivity index (χ3v) is 9.83. The molecule has 12 nitrogen and oxygen atoms in total. The molecule has 220 valence electrons. The van der Waals surface area contributed by atoms with E-state index in [0.29, 0.717) is 29.6 Å². The number of hydrogen-bond acceptors (Lipinski definition) is 9. The summed E-state index contributed by atoms with van der Waals surface area (Å²) >= 11 is 1.48. The first-order valence-electron chi connectivity index (χ1n) is 13.4. The normalized spacial score (nSPS) is 14.9. The fourth-order valence-electron chi connectivity index (χ4n) is 4.67. The van der Waals surface area contributed by atoms with Crippen molar-refractivity contribution in [2.75, 3.05) is 35.8 Å². The molecule has 3 N–H and O–H groups in total. The second kappa shape index (κ2) is 10.1. The van der Waals surface area contributed by atoms with Crippen LogP contribution in [0.15, 0.2) is 53.2 Å². The molecule has 1 aromatic carbocycles. The molecule has 4 aromatic heterocycles. The number of carbonyl (C=O) groups excluding carboxylic acids is 1. The van der Waals surface area contributed by atoms with Crippen molar-refractivity contribution in [2.45, 2.75) is 44.6 Å². The Balaban J connectivity index is 1.11. The SMILES string of the molecule is CN(C1(CNc2ccc3c(n2)sc2nc(-c4ccc(NC(=O)Nc5cc(C(C)(C)C)on5)cc4)cn23)CC1)S(C)(=O)=O. The Bertz CT molecular complexity index is 1900. The number of nitrogens with zero attached hydrogens (tertiary/aromatic N) is 5. The number of thiazole rings is 1. The lowest BCUT2D eigenvalue weighted by atomic mass is 9.93. The zero-order valence-corrected chi connectivity index (χ0v) is 25.6. The van der Waals surface area contributed by atoms with Gasteiger partial charge in [-0.2, -0.15) is 4.31 Å². The minimum absolute atomic E-state index is 0.205. The van der Waals surface area contributed by atoms with Gasteiger partial charge in [-0.05, 0) is 37.1 Å². The Morgan fingerprint density at radius 2 is 1.83 bits per heavy atom. The van der Waals surface area contributed by atoms with E-state index in [-0.39, 0.29) is 11.0 Å². The molecular formula is C28H32N8O4S2. The summed E-state index contributed by atoms with van der Waals surface area (Å²) in [7, 11) is -1.63. The third kappa shape index (κ3) is 5.56. The first kappa shape index (κ1) is 28.1. The maximum atomic E-state index is 12.4. The minimum atomic E-state index is -3.26. The molecule has 14 heteroatoms. The number of sulfonamides is 1. The number of benzene rings is 1. The van der Waals surface area contributed by atoms with E-state index in [1.807, 2.05) is 67.8 Å². The van der Waals surface area contributed by atoms with Crippen molar-refractivity contribution in [3.05, 3.63) is 54.4 Å². The molecule has 0 saturated heterocycles. The Morgan fingerprint density at radius 1 is 1.10 bits per heavy atom. The maximum Gasteiger partial charge on any atom is 0.324 e. The molecule has 6 rings (SSSR count). The lowest BCUT2D eigenvalue weighted by Crippen LogP contribution is -2.43. The van der Waals surface area contributed by atoms with Gasteiger partial charge in [0.15, 0.2) is 10.8 Å². The minimum Gasteiger partial charge on any atom is -0.368 e. The van der Waals surface area contributed by atoms with Crippen LogP contribution in [0.5, 0.6) is 0 Å². The molecule has 0 bridgehead atoms. The number of aromatic nitrogens is 4. The average Bonchev–Trinajstić information content (AvgIpc) is 3.20. The van der Waals surface area contributed by atoms with Crippen molar-refractivity contribution < 1.29 is 17.7 Å². The first-order valence-corrected chi connectivity index (χ1v) is 16.1. The van der Waals surface area contributed by atoms with E-state index in [1.165, 1.54) is 21.9 Å². The van der Waals surface area contributed by atoms with E-state index in [2.05, 4.69) is 21.1 Å². The number of nitrogens with one attached hydrogen (secondary N) is 3. The number of carbonyl (C=O) groups is 1. The van der Waals surface area contributed by atoms with E-state index < -0.39 is 16.1 Å². The summed E-state index contributed by atoms with van der Waals surface area (Å²) in [5.41, 5.74) is 2.69. The van der Waals surface area contributed by atoms with Gasteiger partial charge in [0.05, 0.1) is 23.0 Å². The Hall–Kier alpha value is -4.01. The van der Waals surface area contributed by atoms with Gasteiger partial charge in [0.2, 0.25) is 10.0 Å². The van der Waals surface area contributed by atoms with Crippen LogP contribution in [-0.4, -0.2) is 63.7 Å². The molecular weight excluding hydrogens is 576 g/mol. The number of fused-ring (bicyclic) bond motifs is 3. The lowest BCUT2D eigenvalue weighted by molar-refractivity contribution is 0.262. The molecule has 5 aromatic rings. The predicted octanol–water partition coefficient (Wildman–Crippen LogP) is 5.38. The second-order valence-corrected chi connectivity index (χ2v) is 14.7. The molecule has 4 heterocycles. The van der Waals surface area contributed by atoms with Crippen molar-refractivity contribution in [3.63, 3.8) is 0 Å². The quantitative estimate of drug-likeness (QED) is 0.213. The molecule has 42 heavy (non-hydrogen) atoms. The van der Waals surface area contributed by atoms with E-state index >= 15 is 0 Å². The molecule has 0 unspecified atom stereocenters. The summed E-state index contributed by atoms with van der Waals surface area (Å²) in [5, 5.41) is 12.7. The molecule has 0 spiro atoms. The molecule has 0 atom stereocenters. The highest BCUT2D eigenvalue weighted by molar-refractivity contribution is 7.88. The van der Waals surface area contributed by atoms with Gasteiger partial charge in [0, 0.05) is 42.5 Å². The summed E-state index contributed by atoms with van der Waals surface area (Å²) in [6.45, 7) is 6.52. The fourth-order valence-corrected chi connectivity index (χ4v) is 6.60. The van der Waals surface area contributed by atoms with Crippen LogP contribution in [0, 0.1) is 0 Å². The largest absolute Gasteiger partial charge is 0.368 e. The molecule has 1 fully saturated rings. The van der Waals surface area contributed by atoms with Gasteiger partial charge in [0.25, 0.3) is 0 Å². The first-order chi connectivity index (χ1) is 19.8. The van der Waals surface area contributed by atoms with Crippen LogP contribution in [0.2, 0.25) is 0 Å². The molecule has 0 radical (unpaired) electrons. The molecule has 0 aliphatic heterocycles. The van der Waals surface area contributed by atoms with Crippen LogP contribution in [-0.2, 0) is 15.4 Å². The zero-order valence-electron chi connectivity index (χ0n) is 23.9. The van der Waals surface area contributed by atoms with Crippen LogP contribution >= 0.6 is 11.3 Å². The van der Waals surface area contributed by atoms with Crippen LogP contribution in [0.4, 0.5) is 22.1 Å². The van der Waals surface area contributed by atoms with Gasteiger partial charge >= 0.3 is 6.03 Å². The number of pyridine rings is 1. The summed E-state index contributed by atoms with van der Waals surface area (Å²) in [4.78, 5) is 23.6. The van der Waals surface area contributed by atoms with E-state index in [4.69, 9.17) is 14.5 Å². The number of imidazole rings is 1. The lowest BCUT2D eigenvalue weighted by Gasteiger charge is -2.26.